The first-order chi connectivity index (χ1) is 10.6. The van der Waals surface area contributed by atoms with Gasteiger partial charge >= 0.3 is 6.09 Å². The Kier molecular flexibility index (Phi) is 7.37. The normalized spacial score (nSPS) is 25.1. The Labute approximate surface area is 142 Å². The molecule has 136 valence electrons. The number of hydrogen-bond donors (Lipinski definition) is 1. The van der Waals surface area contributed by atoms with Crippen molar-refractivity contribution in [2.75, 3.05) is 6.54 Å². The molecule has 1 aliphatic heterocycles. The van der Waals surface area contributed by atoms with Crippen molar-refractivity contribution in [2.24, 2.45) is 5.92 Å². The van der Waals surface area contributed by atoms with Crippen molar-refractivity contribution in [3.05, 3.63) is 0 Å². The van der Waals surface area contributed by atoms with Gasteiger partial charge in [-0.05, 0) is 52.9 Å². The third kappa shape index (κ3) is 6.33. The van der Waals surface area contributed by atoms with Gasteiger partial charge in [-0.25, -0.2) is 4.79 Å². The highest BCUT2D eigenvalue weighted by atomic mass is 16.6. The van der Waals surface area contributed by atoms with Gasteiger partial charge in [-0.1, -0.05) is 39.5 Å². The molecule has 0 aromatic heterocycles. The monoisotopic (exact) mass is 327 g/mol. The summed E-state index contributed by atoms with van der Waals surface area (Å²) in [6.45, 7) is 12.5. The lowest BCUT2D eigenvalue weighted by Gasteiger charge is -2.46. The van der Waals surface area contributed by atoms with Crippen LogP contribution in [0.15, 0.2) is 0 Å². The number of amides is 1. The second-order valence-electron chi connectivity index (χ2n) is 8.33. The van der Waals surface area contributed by atoms with E-state index in [1.807, 2.05) is 27.7 Å². The number of piperidine rings is 1. The summed E-state index contributed by atoms with van der Waals surface area (Å²) in [5.74, 6) is 0.599. The van der Waals surface area contributed by atoms with Gasteiger partial charge in [0.2, 0.25) is 0 Å². The van der Waals surface area contributed by atoms with Crippen LogP contribution in [-0.2, 0) is 4.74 Å². The summed E-state index contributed by atoms with van der Waals surface area (Å²) >= 11 is 0. The van der Waals surface area contributed by atoms with E-state index in [9.17, 15) is 9.90 Å². The molecule has 23 heavy (non-hydrogen) atoms. The zero-order valence-corrected chi connectivity index (χ0v) is 16.0. The minimum absolute atomic E-state index is 0.145. The quantitative estimate of drug-likeness (QED) is 0.766. The fourth-order valence-electron chi connectivity index (χ4n) is 3.59. The van der Waals surface area contributed by atoms with Crippen LogP contribution in [0, 0.1) is 5.92 Å². The molecule has 0 aliphatic carbocycles. The molecule has 4 nitrogen and oxygen atoms in total. The highest BCUT2D eigenvalue weighted by Crippen LogP contribution is 2.35. The topological polar surface area (TPSA) is 49.8 Å². The van der Waals surface area contributed by atoms with Gasteiger partial charge < -0.3 is 14.7 Å². The van der Waals surface area contributed by atoms with Gasteiger partial charge in [-0.15, -0.1) is 0 Å². The van der Waals surface area contributed by atoms with Crippen LogP contribution in [-0.4, -0.2) is 39.9 Å². The number of nitrogens with zero attached hydrogens (tertiary/aromatic N) is 1. The van der Waals surface area contributed by atoms with Crippen molar-refractivity contribution in [3.8, 4) is 0 Å². The molecule has 0 saturated carbocycles. The predicted octanol–water partition coefficient (Wildman–Crippen LogP) is 4.74. The maximum atomic E-state index is 12.6. The summed E-state index contributed by atoms with van der Waals surface area (Å²) in [5.41, 5.74) is -1.35. The Morgan fingerprint density at radius 3 is 2.39 bits per heavy atom. The molecular formula is C19H37NO3. The van der Waals surface area contributed by atoms with Gasteiger partial charge in [-0.2, -0.15) is 0 Å². The van der Waals surface area contributed by atoms with Crippen molar-refractivity contribution in [3.63, 3.8) is 0 Å². The molecule has 0 aromatic carbocycles. The Balaban J connectivity index is 2.88. The molecule has 1 heterocycles. The lowest BCUT2D eigenvalue weighted by atomic mass is 9.78. The first-order valence-electron chi connectivity index (χ1n) is 9.32. The summed E-state index contributed by atoms with van der Waals surface area (Å²) < 4.78 is 5.57. The molecule has 1 aliphatic rings. The van der Waals surface area contributed by atoms with E-state index >= 15 is 0 Å². The van der Waals surface area contributed by atoms with Crippen LogP contribution >= 0.6 is 0 Å². The van der Waals surface area contributed by atoms with E-state index in [2.05, 4.69) is 13.8 Å². The van der Waals surface area contributed by atoms with Crippen molar-refractivity contribution in [1.29, 1.82) is 0 Å². The molecule has 3 atom stereocenters. The van der Waals surface area contributed by atoms with E-state index in [0.29, 0.717) is 18.9 Å². The van der Waals surface area contributed by atoms with Crippen molar-refractivity contribution in [1.82, 2.24) is 4.90 Å². The number of likely N-dealkylation sites (tertiary alicyclic amines) is 1. The average Bonchev–Trinajstić information content (AvgIpc) is 2.43. The maximum absolute atomic E-state index is 12.6. The number of rotatable bonds is 6. The number of hydrogen-bond acceptors (Lipinski definition) is 3. The van der Waals surface area contributed by atoms with Gasteiger partial charge in [0.1, 0.15) is 5.60 Å². The largest absolute Gasteiger partial charge is 0.444 e. The van der Waals surface area contributed by atoms with E-state index in [1.165, 1.54) is 19.3 Å². The Bertz CT molecular complexity index is 373. The molecule has 1 unspecified atom stereocenters. The Morgan fingerprint density at radius 1 is 1.22 bits per heavy atom. The summed E-state index contributed by atoms with van der Waals surface area (Å²) in [6, 6.07) is -0.145. The van der Waals surface area contributed by atoms with Crippen molar-refractivity contribution >= 4 is 6.09 Å². The van der Waals surface area contributed by atoms with Gasteiger partial charge in [0, 0.05) is 6.54 Å². The predicted molar refractivity (Wildman–Crippen MR) is 94.5 cm³/mol. The highest BCUT2D eigenvalue weighted by molar-refractivity contribution is 5.69. The van der Waals surface area contributed by atoms with Crippen LogP contribution in [0.1, 0.15) is 86.5 Å². The van der Waals surface area contributed by atoms with E-state index in [0.717, 1.165) is 19.3 Å². The van der Waals surface area contributed by atoms with E-state index in [1.54, 1.807) is 4.90 Å². The van der Waals surface area contributed by atoms with E-state index in [4.69, 9.17) is 4.74 Å². The zero-order valence-electron chi connectivity index (χ0n) is 16.0. The number of unbranched alkanes of at least 4 members (excludes halogenated alkanes) is 1. The minimum atomic E-state index is -0.851. The van der Waals surface area contributed by atoms with Crippen LogP contribution in [0.3, 0.4) is 0 Å². The Morgan fingerprint density at radius 2 is 1.87 bits per heavy atom. The summed E-state index contributed by atoms with van der Waals surface area (Å²) in [7, 11) is 0. The number of carbonyl (C=O) groups excluding carboxylic acids is 1. The van der Waals surface area contributed by atoms with Crippen LogP contribution < -0.4 is 0 Å². The zero-order chi connectivity index (χ0) is 17.7. The molecule has 1 N–H and O–H groups in total. The average molecular weight is 328 g/mol. The maximum Gasteiger partial charge on any atom is 0.410 e. The lowest BCUT2D eigenvalue weighted by Crippen LogP contribution is -2.57. The van der Waals surface area contributed by atoms with Gasteiger partial charge in [0.15, 0.2) is 0 Å². The second-order valence-corrected chi connectivity index (χ2v) is 8.33. The molecule has 0 spiro atoms. The van der Waals surface area contributed by atoms with E-state index in [-0.39, 0.29) is 12.1 Å². The van der Waals surface area contributed by atoms with E-state index < -0.39 is 11.2 Å². The molecule has 1 rings (SSSR count). The lowest BCUT2D eigenvalue weighted by molar-refractivity contribution is -0.0721. The smallest absolute Gasteiger partial charge is 0.410 e. The third-order valence-electron chi connectivity index (χ3n) is 4.78. The summed E-state index contributed by atoms with van der Waals surface area (Å²) in [6.07, 6.45) is 6.83. The molecular weight excluding hydrogens is 290 g/mol. The molecule has 0 radical (unpaired) electrons. The van der Waals surface area contributed by atoms with Crippen LogP contribution in [0.25, 0.3) is 0 Å². The highest BCUT2D eigenvalue weighted by Gasteiger charge is 2.43. The molecule has 1 saturated heterocycles. The molecule has 0 bridgehead atoms. The van der Waals surface area contributed by atoms with Gasteiger partial charge in [0.05, 0.1) is 11.6 Å². The van der Waals surface area contributed by atoms with Gasteiger partial charge in [0.25, 0.3) is 0 Å². The van der Waals surface area contributed by atoms with Crippen molar-refractivity contribution in [2.45, 2.75) is 104 Å². The van der Waals surface area contributed by atoms with Crippen LogP contribution in [0.2, 0.25) is 0 Å². The first kappa shape index (κ1) is 20.3. The molecule has 0 aromatic rings. The molecule has 1 fully saturated rings. The number of ether oxygens (including phenoxy) is 1. The molecule has 4 heteroatoms. The summed E-state index contributed by atoms with van der Waals surface area (Å²) in [4.78, 5) is 14.4. The number of aliphatic hydroxyl groups is 1. The third-order valence-corrected chi connectivity index (χ3v) is 4.78. The number of carbonyl (C=O) groups is 1. The van der Waals surface area contributed by atoms with Crippen molar-refractivity contribution < 1.29 is 14.6 Å². The van der Waals surface area contributed by atoms with Crippen LogP contribution in [0.5, 0.6) is 0 Å². The fraction of sp³-hybridized carbons (Fsp3) is 0.947. The standard InChI is InChI=1S/C19H37NO3/c1-7-9-10-15-11-13-20(17(21)23-18(3,4)5)16(14-15)19(6,22)12-8-2/h15-16,22H,7-14H2,1-6H3/t15-,16+,19?/m0/s1. The van der Waals surface area contributed by atoms with Gasteiger partial charge in [-0.3, -0.25) is 0 Å². The molecule has 1 amide bonds. The minimum Gasteiger partial charge on any atom is -0.444 e. The van der Waals surface area contributed by atoms with Crippen LogP contribution in [0.4, 0.5) is 4.79 Å². The first-order valence-corrected chi connectivity index (χ1v) is 9.32. The Hall–Kier alpha value is -0.770. The SMILES string of the molecule is CCCC[C@H]1CCN(C(=O)OC(C)(C)C)[C@@H](C(C)(O)CCC)C1. The fourth-order valence-corrected chi connectivity index (χ4v) is 3.59. The summed E-state index contributed by atoms with van der Waals surface area (Å²) in [5, 5.41) is 11.0. The second kappa shape index (κ2) is 8.36.